The van der Waals surface area contributed by atoms with Crippen molar-refractivity contribution in [2.24, 2.45) is 17.6 Å². The second-order valence-corrected chi connectivity index (χ2v) is 5.48. The summed E-state index contributed by atoms with van der Waals surface area (Å²) in [5.41, 5.74) is 5.88. The van der Waals surface area contributed by atoms with Gasteiger partial charge in [-0.25, -0.2) is 0 Å². The smallest absolute Gasteiger partial charge is 0.239 e. The molecule has 0 bridgehead atoms. The number of nitrogens with zero attached hydrogens (tertiary/aromatic N) is 1. The Labute approximate surface area is 121 Å². The van der Waals surface area contributed by atoms with Gasteiger partial charge in [-0.15, -0.1) is 12.4 Å². The van der Waals surface area contributed by atoms with E-state index in [9.17, 15) is 9.59 Å². The minimum atomic E-state index is -0.392. The molecule has 0 aliphatic carbocycles. The molecule has 1 atom stereocenters. The van der Waals surface area contributed by atoms with Gasteiger partial charge in [-0.05, 0) is 24.7 Å². The van der Waals surface area contributed by atoms with Crippen molar-refractivity contribution in [3.8, 4) is 0 Å². The predicted octanol–water partition coefficient (Wildman–Crippen LogP) is 0.766. The van der Waals surface area contributed by atoms with Crippen molar-refractivity contribution >= 4 is 24.2 Å². The van der Waals surface area contributed by atoms with Gasteiger partial charge < -0.3 is 16.0 Å². The van der Waals surface area contributed by atoms with E-state index in [1.807, 2.05) is 18.7 Å². The first kappa shape index (κ1) is 18.2. The van der Waals surface area contributed by atoms with E-state index in [1.165, 1.54) is 6.92 Å². The summed E-state index contributed by atoms with van der Waals surface area (Å²) in [5, 5.41) is 2.83. The lowest BCUT2D eigenvalue weighted by Crippen LogP contribution is -2.50. The lowest BCUT2D eigenvalue weighted by atomic mass is 9.95. The number of likely N-dealkylation sites (tertiary alicyclic amines) is 1. The molecule has 0 saturated carbocycles. The van der Waals surface area contributed by atoms with Gasteiger partial charge in [0.15, 0.2) is 0 Å². The average molecular weight is 292 g/mol. The van der Waals surface area contributed by atoms with Crippen LogP contribution in [-0.2, 0) is 9.59 Å². The number of carbonyl (C=O) groups is 2. The monoisotopic (exact) mass is 291 g/mol. The molecule has 1 heterocycles. The van der Waals surface area contributed by atoms with E-state index in [4.69, 9.17) is 5.73 Å². The SMILES string of the molecule is CC(=O)NCC1CCN(C(=O)[C@@H](N)C(C)C)CC1.Cl. The highest BCUT2D eigenvalue weighted by Gasteiger charge is 2.27. The van der Waals surface area contributed by atoms with E-state index in [1.54, 1.807) is 0 Å². The van der Waals surface area contributed by atoms with Gasteiger partial charge in [0.25, 0.3) is 0 Å². The van der Waals surface area contributed by atoms with Crippen LogP contribution < -0.4 is 11.1 Å². The minimum Gasteiger partial charge on any atom is -0.356 e. The zero-order chi connectivity index (χ0) is 13.7. The van der Waals surface area contributed by atoms with Gasteiger partial charge in [0.1, 0.15) is 0 Å². The second kappa shape index (κ2) is 8.38. The van der Waals surface area contributed by atoms with Crippen LogP contribution in [0.25, 0.3) is 0 Å². The summed E-state index contributed by atoms with van der Waals surface area (Å²) >= 11 is 0. The Morgan fingerprint density at radius 3 is 2.26 bits per heavy atom. The molecule has 1 fully saturated rings. The van der Waals surface area contributed by atoms with Gasteiger partial charge in [0, 0.05) is 26.6 Å². The lowest BCUT2D eigenvalue weighted by Gasteiger charge is -2.34. The number of piperidine rings is 1. The Kier molecular flexibility index (Phi) is 8.02. The molecule has 0 radical (unpaired) electrons. The molecular formula is C13H26ClN3O2. The lowest BCUT2D eigenvalue weighted by molar-refractivity contribution is -0.135. The van der Waals surface area contributed by atoms with Crippen LogP contribution in [0.15, 0.2) is 0 Å². The fourth-order valence-corrected chi connectivity index (χ4v) is 2.14. The van der Waals surface area contributed by atoms with Crippen LogP contribution >= 0.6 is 12.4 Å². The number of halogens is 1. The minimum absolute atomic E-state index is 0. The van der Waals surface area contributed by atoms with Crippen LogP contribution in [-0.4, -0.2) is 42.4 Å². The van der Waals surface area contributed by atoms with Crippen molar-refractivity contribution in [3.63, 3.8) is 0 Å². The molecule has 1 aliphatic heterocycles. The summed E-state index contributed by atoms with van der Waals surface area (Å²) in [4.78, 5) is 24.7. The number of carbonyl (C=O) groups excluding carboxylic acids is 2. The number of hydrogen-bond donors (Lipinski definition) is 2. The van der Waals surface area contributed by atoms with Crippen LogP contribution in [0.4, 0.5) is 0 Å². The van der Waals surface area contributed by atoms with E-state index in [2.05, 4.69) is 5.32 Å². The van der Waals surface area contributed by atoms with E-state index >= 15 is 0 Å². The first-order chi connectivity index (χ1) is 8.41. The molecule has 6 heteroatoms. The molecule has 5 nitrogen and oxygen atoms in total. The topological polar surface area (TPSA) is 75.4 Å². The molecule has 1 rings (SSSR count). The highest BCUT2D eigenvalue weighted by Crippen LogP contribution is 2.17. The molecule has 1 aliphatic rings. The molecule has 112 valence electrons. The quantitative estimate of drug-likeness (QED) is 0.803. The van der Waals surface area contributed by atoms with Gasteiger partial charge in [-0.1, -0.05) is 13.8 Å². The predicted molar refractivity (Wildman–Crippen MR) is 78.0 cm³/mol. The summed E-state index contributed by atoms with van der Waals surface area (Å²) in [6.07, 6.45) is 1.88. The molecule has 2 amide bonds. The van der Waals surface area contributed by atoms with Crippen molar-refractivity contribution in [2.45, 2.75) is 39.7 Å². The summed E-state index contributed by atoms with van der Waals surface area (Å²) < 4.78 is 0. The van der Waals surface area contributed by atoms with Crippen LogP contribution in [0.5, 0.6) is 0 Å². The van der Waals surface area contributed by atoms with E-state index in [0.717, 1.165) is 25.9 Å². The van der Waals surface area contributed by atoms with Crippen molar-refractivity contribution in [1.82, 2.24) is 10.2 Å². The highest BCUT2D eigenvalue weighted by molar-refractivity contribution is 5.85. The standard InChI is InChI=1S/C13H25N3O2.ClH/c1-9(2)12(14)13(18)16-6-4-11(5-7-16)8-15-10(3)17;/h9,11-12H,4-8,14H2,1-3H3,(H,15,17);1H/t12-;/m0./s1. The van der Waals surface area contributed by atoms with Crippen LogP contribution in [0.3, 0.4) is 0 Å². The van der Waals surface area contributed by atoms with Gasteiger partial charge in [0.2, 0.25) is 11.8 Å². The Hall–Kier alpha value is -0.810. The highest BCUT2D eigenvalue weighted by atomic mass is 35.5. The van der Waals surface area contributed by atoms with E-state index in [0.29, 0.717) is 12.5 Å². The zero-order valence-corrected chi connectivity index (χ0v) is 12.8. The molecule has 0 spiro atoms. The summed E-state index contributed by atoms with van der Waals surface area (Å²) in [5.74, 6) is 0.723. The number of nitrogens with two attached hydrogens (primary N) is 1. The van der Waals surface area contributed by atoms with Crippen molar-refractivity contribution in [2.75, 3.05) is 19.6 Å². The second-order valence-electron chi connectivity index (χ2n) is 5.48. The van der Waals surface area contributed by atoms with Gasteiger partial charge in [0.05, 0.1) is 6.04 Å². The molecule has 0 unspecified atom stereocenters. The maximum atomic E-state index is 12.0. The number of rotatable bonds is 4. The van der Waals surface area contributed by atoms with E-state index < -0.39 is 6.04 Å². The summed E-state index contributed by atoms with van der Waals surface area (Å²) in [7, 11) is 0. The van der Waals surface area contributed by atoms with Crippen molar-refractivity contribution < 1.29 is 9.59 Å². The number of nitrogens with one attached hydrogen (secondary N) is 1. The fraction of sp³-hybridized carbons (Fsp3) is 0.846. The molecule has 0 aromatic rings. The summed E-state index contributed by atoms with van der Waals surface area (Å²) in [6.45, 7) is 7.68. The van der Waals surface area contributed by atoms with E-state index in [-0.39, 0.29) is 30.1 Å². The molecule has 3 N–H and O–H groups in total. The Morgan fingerprint density at radius 2 is 1.84 bits per heavy atom. The van der Waals surface area contributed by atoms with Gasteiger partial charge in [-0.3, -0.25) is 9.59 Å². The number of hydrogen-bond acceptors (Lipinski definition) is 3. The normalized spacial score (nSPS) is 17.8. The molecular weight excluding hydrogens is 266 g/mol. The third-order valence-electron chi connectivity index (χ3n) is 3.57. The van der Waals surface area contributed by atoms with Gasteiger partial charge >= 0.3 is 0 Å². The maximum Gasteiger partial charge on any atom is 0.239 e. The zero-order valence-electron chi connectivity index (χ0n) is 12.0. The molecule has 1 saturated heterocycles. The van der Waals surface area contributed by atoms with Gasteiger partial charge in [-0.2, -0.15) is 0 Å². The van der Waals surface area contributed by atoms with Crippen LogP contribution in [0.1, 0.15) is 33.6 Å². The average Bonchev–Trinajstić information content (AvgIpc) is 2.35. The molecule has 0 aromatic heterocycles. The van der Waals surface area contributed by atoms with Crippen molar-refractivity contribution in [1.29, 1.82) is 0 Å². The number of amides is 2. The first-order valence-corrected chi connectivity index (χ1v) is 6.70. The maximum absolute atomic E-state index is 12.0. The summed E-state index contributed by atoms with van der Waals surface area (Å²) in [6, 6.07) is -0.392. The Balaban J connectivity index is 0.00000324. The van der Waals surface area contributed by atoms with Crippen LogP contribution in [0.2, 0.25) is 0 Å². The Bertz CT molecular complexity index is 302. The third kappa shape index (κ3) is 5.78. The largest absolute Gasteiger partial charge is 0.356 e. The fourth-order valence-electron chi connectivity index (χ4n) is 2.14. The third-order valence-corrected chi connectivity index (χ3v) is 3.57. The molecule has 0 aromatic carbocycles. The molecule has 19 heavy (non-hydrogen) atoms. The Morgan fingerprint density at radius 1 is 1.32 bits per heavy atom. The van der Waals surface area contributed by atoms with Crippen LogP contribution in [0, 0.1) is 11.8 Å². The first-order valence-electron chi connectivity index (χ1n) is 6.70. The van der Waals surface area contributed by atoms with Crippen molar-refractivity contribution in [3.05, 3.63) is 0 Å².